The first-order chi connectivity index (χ1) is 10.4. The second-order valence-corrected chi connectivity index (χ2v) is 7.39. The predicted molar refractivity (Wildman–Crippen MR) is 91.0 cm³/mol. The van der Waals surface area contributed by atoms with Gasteiger partial charge in [-0.05, 0) is 37.3 Å². The molecule has 0 saturated heterocycles. The summed E-state index contributed by atoms with van der Waals surface area (Å²) in [6, 6.07) is 6.67. The quantitative estimate of drug-likeness (QED) is 0.775. The molecule has 1 saturated carbocycles. The molecule has 8 heteroatoms. The van der Waals surface area contributed by atoms with E-state index in [1.54, 1.807) is 24.3 Å². The monoisotopic (exact) mass is 362 g/mol. The van der Waals surface area contributed by atoms with Crippen molar-refractivity contribution in [3.63, 3.8) is 0 Å². The summed E-state index contributed by atoms with van der Waals surface area (Å²) in [4.78, 5) is 11.7. The highest BCUT2D eigenvalue weighted by atomic mass is 35.5. The van der Waals surface area contributed by atoms with Crippen molar-refractivity contribution in [2.45, 2.75) is 43.5 Å². The number of rotatable bonds is 5. The first-order valence-corrected chi connectivity index (χ1v) is 8.98. The van der Waals surface area contributed by atoms with Gasteiger partial charge in [-0.15, -0.1) is 12.4 Å². The smallest absolute Gasteiger partial charge is 0.338 e. The zero-order chi connectivity index (χ0) is 16.2. The van der Waals surface area contributed by atoms with E-state index in [0.29, 0.717) is 5.56 Å². The molecular formula is C15H23ClN2O4S. The van der Waals surface area contributed by atoms with E-state index >= 15 is 0 Å². The summed E-state index contributed by atoms with van der Waals surface area (Å²) in [6.07, 6.45) is 3.15. The standard InChI is InChI=1S/C15H22N2O4S.ClH/c1-21-15(18)14-5-3-2-4-11(14)10-22(19,20)17-13-8-6-12(16)7-9-13;/h2-5,12-13,17H,6-10,16H2,1H3;1H. The Balaban J connectivity index is 0.00000264. The minimum absolute atomic E-state index is 0. The third-order valence-corrected chi connectivity index (χ3v) is 5.27. The summed E-state index contributed by atoms with van der Waals surface area (Å²) in [6.45, 7) is 0. The molecule has 1 aliphatic carbocycles. The molecule has 3 N–H and O–H groups in total. The number of hydrogen-bond donors (Lipinski definition) is 2. The molecule has 1 aromatic carbocycles. The van der Waals surface area contributed by atoms with Gasteiger partial charge in [0.2, 0.25) is 10.0 Å². The summed E-state index contributed by atoms with van der Waals surface area (Å²) < 4.78 is 32.0. The van der Waals surface area contributed by atoms with Crippen LogP contribution in [0.25, 0.3) is 0 Å². The lowest BCUT2D eigenvalue weighted by Gasteiger charge is -2.26. The zero-order valence-corrected chi connectivity index (χ0v) is 14.7. The number of carbonyl (C=O) groups is 1. The predicted octanol–water partition coefficient (Wildman–Crippen LogP) is 1.58. The fourth-order valence-electron chi connectivity index (χ4n) is 2.69. The fraction of sp³-hybridized carbons (Fsp3) is 0.533. The topological polar surface area (TPSA) is 98.5 Å². The second-order valence-electron chi connectivity index (χ2n) is 5.64. The third kappa shape index (κ3) is 5.76. The van der Waals surface area contributed by atoms with Crippen LogP contribution in [0.2, 0.25) is 0 Å². The van der Waals surface area contributed by atoms with Crippen molar-refractivity contribution in [3.05, 3.63) is 35.4 Å². The van der Waals surface area contributed by atoms with Crippen LogP contribution in [-0.4, -0.2) is 33.6 Å². The van der Waals surface area contributed by atoms with Crippen LogP contribution in [-0.2, 0) is 20.5 Å². The van der Waals surface area contributed by atoms with Gasteiger partial charge < -0.3 is 10.5 Å². The normalized spacial score (nSPS) is 21.3. The minimum atomic E-state index is -3.51. The van der Waals surface area contributed by atoms with Crippen LogP contribution >= 0.6 is 12.4 Å². The van der Waals surface area contributed by atoms with Crippen LogP contribution in [0.3, 0.4) is 0 Å². The first-order valence-electron chi connectivity index (χ1n) is 7.33. The zero-order valence-electron chi connectivity index (χ0n) is 13.0. The molecule has 1 aliphatic rings. The molecule has 2 rings (SSSR count). The molecule has 1 fully saturated rings. The van der Waals surface area contributed by atoms with Crippen molar-refractivity contribution in [2.24, 2.45) is 5.73 Å². The molecule has 0 radical (unpaired) electrons. The highest BCUT2D eigenvalue weighted by Crippen LogP contribution is 2.19. The highest BCUT2D eigenvalue weighted by Gasteiger charge is 2.24. The van der Waals surface area contributed by atoms with E-state index in [-0.39, 0.29) is 35.8 Å². The van der Waals surface area contributed by atoms with Crippen molar-refractivity contribution in [1.82, 2.24) is 4.72 Å². The number of halogens is 1. The maximum absolute atomic E-state index is 12.3. The van der Waals surface area contributed by atoms with Gasteiger partial charge in [-0.3, -0.25) is 0 Å². The Bertz CT molecular complexity index is 628. The molecule has 6 nitrogen and oxygen atoms in total. The van der Waals surface area contributed by atoms with E-state index in [2.05, 4.69) is 9.46 Å². The Kier molecular flexibility index (Phi) is 7.47. The molecule has 0 aliphatic heterocycles. The molecule has 0 amide bonds. The average Bonchev–Trinajstić information content (AvgIpc) is 2.49. The fourth-order valence-corrected chi connectivity index (χ4v) is 4.18. The Morgan fingerprint density at radius 1 is 1.26 bits per heavy atom. The number of esters is 1. The number of sulfonamides is 1. The summed E-state index contributed by atoms with van der Waals surface area (Å²) in [5.74, 6) is -0.768. The number of hydrogen-bond acceptors (Lipinski definition) is 5. The largest absolute Gasteiger partial charge is 0.465 e. The van der Waals surface area contributed by atoms with Gasteiger partial charge >= 0.3 is 5.97 Å². The number of nitrogens with one attached hydrogen (secondary N) is 1. The van der Waals surface area contributed by atoms with Crippen LogP contribution in [0.4, 0.5) is 0 Å². The van der Waals surface area contributed by atoms with E-state index in [4.69, 9.17) is 5.73 Å². The van der Waals surface area contributed by atoms with Crippen molar-refractivity contribution >= 4 is 28.4 Å². The molecular weight excluding hydrogens is 340 g/mol. The van der Waals surface area contributed by atoms with E-state index in [1.807, 2.05) is 0 Å². The molecule has 0 bridgehead atoms. The van der Waals surface area contributed by atoms with Crippen molar-refractivity contribution in [2.75, 3.05) is 7.11 Å². The highest BCUT2D eigenvalue weighted by molar-refractivity contribution is 7.88. The molecule has 130 valence electrons. The van der Waals surface area contributed by atoms with Crippen LogP contribution in [0.5, 0.6) is 0 Å². The van der Waals surface area contributed by atoms with E-state index in [1.165, 1.54) is 7.11 Å². The number of methoxy groups -OCH3 is 1. The van der Waals surface area contributed by atoms with Crippen LogP contribution < -0.4 is 10.5 Å². The average molecular weight is 363 g/mol. The number of carbonyl (C=O) groups excluding carboxylic acids is 1. The number of ether oxygens (including phenoxy) is 1. The Morgan fingerprint density at radius 3 is 2.48 bits per heavy atom. The maximum Gasteiger partial charge on any atom is 0.338 e. The van der Waals surface area contributed by atoms with Gasteiger partial charge in [0.05, 0.1) is 18.4 Å². The summed E-state index contributed by atoms with van der Waals surface area (Å²) >= 11 is 0. The Labute approximate surface area is 143 Å². The molecule has 1 aromatic rings. The van der Waals surface area contributed by atoms with Gasteiger partial charge in [0.25, 0.3) is 0 Å². The van der Waals surface area contributed by atoms with Gasteiger partial charge in [0.1, 0.15) is 0 Å². The first kappa shape index (κ1) is 19.9. The molecule has 0 unspecified atom stereocenters. The van der Waals surface area contributed by atoms with Crippen LogP contribution in [0.15, 0.2) is 24.3 Å². The van der Waals surface area contributed by atoms with E-state index in [9.17, 15) is 13.2 Å². The van der Waals surface area contributed by atoms with Gasteiger partial charge in [-0.2, -0.15) is 0 Å². The van der Waals surface area contributed by atoms with Crippen molar-refractivity contribution in [3.8, 4) is 0 Å². The molecule has 0 heterocycles. The van der Waals surface area contributed by atoms with Crippen molar-refractivity contribution < 1.29 is 17.9 Å². The van der Waals surface area contributed by atoms with Crippen molar-refractivity contribution in [1.29, 1.82) is 0 Å². The van der Waals surface area contributed by atoms with Crippen LogP contribution in [0, 0.1) is 0 Å². The number of benzene rings is 1. The Morgan fingerprint density at radius 2 is 1.87 bits per heavy atom. The van der Waals surface area contributed by atoms with Gasteiger partial charge in [-0.1, -0.05) is 18.2 Å². The summed E-state index contributed by atoms with van der Waals surface area (Å²) in [5, 5.41) is 0. The third-order valence-electron chi connectivity index (χ3n) is 3.89. The maximum atomic E-state index is 12.3. The van der Waals surface area contributed by atoms with Gasteiger partial charge in [-0.25, -0.2) is 17.9 Å². The molecule has 23 heavy (non-hydrogen) atoms. The van der Waals surface area contributed by atoms with E-state index < -0.39 is 16.0 Å². The van der Waals surface area contributed by atoms with Crippen LogP contribution in [0.1, 0.15) is 41.6 Å². The molecule has 0 aromatic heterocycles. The van der Waals surface area contributed by atoms with E-state index in [0.717, 1.165) is 25.7 Å². The lowest BCUT2D eigenvalue weighted by molar-refractivity contribution is 0.0600. The van der Waals surface area contributed by atoms with Gasteiger partial charge in [0.15, 0.2) is 0 Å². The molecule has 0 atom stereocenters. The lowest BCUT2D eigenvalue weighted by atomic mass is 9.93. The minimum Gasteiger partial charge on any atom is -0.465 e. The summed E-state index contributed by atoms with van der Waals surface area (Å²) in [7, 11) is -2.24. The SMILES string of the molecule is COC(=O)c1ccccc1CS(=O)(=O)NC1CCC(N)CC1.Cl. The number of nitrogens with two attached hydrogens (primary N) is 1. The lowest BCUT2D eigenvalue weighted by Crippen LogP contribution is -2.41. The second kappa shape index (κ2) is 8.63. The Hall–Kier alpha value is -1.15. The summed E-state index contributed by atoms with van der Waals surface area (Å²) in [5.41, 5.74) is 6.54. The van der Waals surface area contributed by atoms with Gasteiger partial charge in [0, 0.05) is 12.1 Å². The molecule has 0 spiro atoms.